The largest absolute Gasteiger partial charge is 0.372 e. The highest BCUT2D eigenvalue weighted by Gasteiger charge is 2.26. The Morgan fingerprint density at radius 2 is 1.45 bits per heavy atom. The minimum atomic E-state index is 0.144. The molecule has 3 saturated heterocycles. The average Bonchev–Trinajstić information content (AvgIpc) is 3.33. The molecule has 0 unspecified atom stereocenters. The highest BCUT2D eigenvalue weighted by Crippen LogP contribution is 2.25. The van der Waals surface area contributed by atoms with E-state index in [4.69, 9.17) is 0 Å². The van der Waals surface area contributed by atoms with Gasteiger partial charge in [-0.1, -0.05) is 0 Å². The Hall–Kier alpha value is -2.04. The molecular formula is C24H35N3O2. The van der Waals surface area contributed by atoms with Crippen molar-refractivity contribution < 1.29 is 9.59 Å². The molecule has 4 rings (SSSR count). The van der Waals surface area contributed by atoms with Gasteiger partial charge >= 0.3 is 0 Å². The second kappa shape index (κ2) is 9.64. The molecule has 2 amide bonds. The van der Waals surface area contributed by atoms with Crippen molar-refractivity contribution in [2.24, 2.45) is 5.92 Å². The summed E-state index contributed by atoms with van der Waals surface area (Å²) in [5.74, 6) is 0.900. The van der Waals surface area contributed by atoms with Crippen molar-refractivity contribution in [1.82, 2.24) is 9.80 Å². The lowest BCUT2D eigenvalue weighted by Crippen LogP contribution is -2.40. The van der Waals surface area contributed by atoms with E-state index < -0.39 is 0 Å². The Morgan fingerprint density at radius 3 is 2.17 bits per heavy atom. The van der Waals surface area contributed by atoms with Crippen molar-refractivity contribution in [3.8, 4) is 0 Å². The van der Waals surface area contributed by atoms with Crippen LogP contribution in [-0.2, 0) is 4.79 Å². The van der Waals surface area contributed by atoms with E-state index in [9.17, 15) is 9.59 Å². The lowest BCUT2D eigenvalue weighted by atomic mass is 9.92. The average molecular weight is 398 g/mol. The van der Waals surface area contributed by atoms with Crippen LogP contribution in [-0.4, -0.2) is 60.9 Å². The molecule has 3 aliphatic heterocycles. The summed E-state index contributed by atoms with van der Waals surface area (Å²) in [5.41, 5.74) is 2.03. The van der Waals surface area contributed by atoms with Crippen LogP contribution in [0.15, 0.2) is 24.3 Å². The van der Waals surface area contributed by atoms with Gasteiger partial charge in [-0.25, -0.2) is 0 Å². The van der Waals surface area contributed by atoms with E-state index in [2.05, 4.69) is 17.0 Å². The lowest BCUT2D eigenvalue weighted by Gasteiger charge is -2.33. The summed E-state index contributed by atoms with van der Waals surface area (Å²) in [4.78, 5) is 31.8. The quantitative estimate of drug-likeness (QED) is 0.756. The number of rotatable bonds is 5. The smallest absolute Gasteiger partial charge is 0.253 e. The maximum Gasteiger partial charge on any atom is 0.253 e. The number of amides is 2. The highest BCUT2D eigenvalue weighted by molar-refractivity contribution is 5.94. The van der Waals surface area contributed by atoms with Crippen molar-refractivity contribution >= 4 is 17.5 Å². The first-order valence-corrected chi connectivity index (χ1v) is 11.6. The zero-order valence-electron chi connectivity index (χ0n) is 17.7. The zero-order chi connectivity index (χ0) is 20.1. The standard InChI is InChI=1S/C24H35N3O2/c28-23(26-16-4-5-17-26)13-8-20-7-6-18-27(19-20)24(29)21-9-11-22(12-10-21)25-14-2-1-3-15-25/h9-12,20H,1-8,13-19H2/t20-/m0/s1. The molecule has 158 valence electrons. The maximum absolute atomic E-state index is 13.0. The zero-order valence-corrected chi connectivity index (χ0v) is 17.7. The number of piperidine rings is 2. The molecule has 1 atom stereocenters. The number of benzene rings is 1. The van der Waals surface area contributed by atoms with Gasteiger partial charge < -0.3 is 14.7 Å². The van der Waals surface area contributed by atoms with Crippen LogP contribution in [0.1, 0.15) is 68.1 Å². The molecule has 0 aromatic heterocycles. The van der Waals surface area contributed by atoms with Gasteiger partial charge in [0.15, 0.2) is 0 Å². The van der Waals surface area contributed by atoms with Crippen LogP contribution in [0.25, 0.3) is 0 Å². The van der Waals surface area contributed by atoms with Crippen LogP contribution in [0, 0.1) is 5.92 Å². The predicted molar refractivity (Wildman–Crippen MR) is 116 cm³/mol. The first-order chi connectivity index (χ1) is 14.2. The van der Waals surface area contributed by atoms with Crippen LogP contribution >= 0.6 is 0 Å². The Labute approximate surface area is 175 Å². The van der Waals surface area contributed by atoms with E-state index in [1.54, 1.807) is 0 Å². The summed E-state index contributed by atoms with van der Waals surface area (Å²) in [6.07, 6.45) is 9.86. The number of carbonyl (C=O) groups excluding carboxylic acids is 2. The van der Waals surface area contributed by atoms with Gasteiger partial charge in [-0.2, -0.15) is 0 Å². The van der Waals surface area contributed by atoms with E-state index in [-0.39, 0.29) is 5.91 Å². The Kier molecular flexibility index (Phi) is 6.73. The molecule has 0 radical (unpaired) electrons. The summed E-state index contributed by atoms with van der Waals surface area (Å²) in [7, 11) is 0. The third-order valence-electron chi connectivity index (χ3n) is 6.87. The summed E-state index contributed by atoms with van der Waals surface area (Å²) in [5, 5.41) is 0. The lowest BCUT2D eigenvalue weighted by molar-refractivity contribution is -0.130. The molecule has 0 bridgehead atoms. The second-order valence-corrected chi connectivity index (χ2v) is 8.98. The first kappa shape index (κ1) is 20.2. The predicted octanol–water partition coefficient (Wildman–Crippen LogP) is 3.93. The monoisotopic (exact) mass is 397 g/mol. The Balaban J connectivity index is 1.29. The van der Waals surface area contributed by atoms with E-state index in [1.807, 2.05) is 21.9 Å². The van der Waals surface area contributed by atoms with Gasteiger partial charge in [0.05, 0.1) is 0 Å². The van der Waals surface area contributed by atoms with Crippen molar-refractivity contribution in [2.45, 2.75) is 57.8 Å². The van der Waals surface area contributed by atoms with Crippen LogP contribution in [0.5, 0.6) is 0 Å². The van der Waals surface area contributed by atoms with E-state index >= 15 is 0 Å². The van der Waals surface area contributed by atoms with Crippen molar-refractivity contribution in [3.63, 3.8) is 0 Å². The van der Waals surface area contributed by atoms with Gasteiger partial charge in [0.2, 0.25) is 5.91 Å². The summed E-state index contributed by atoms with van der Waals surface area (Å²) in [6.45, 7) is 5.74. The van der Waals surface area contributed by atoms with Crippen molar-refractivity contribution in [3.05, 3.63) is 29.8 Å². The molecular weight excluding hydrogens is 362 g/mol. The van der Waals surface area contributed by atoms with Crippen LogP contribution in [0.3, 0.4) is 0 Å². The number of hydrogen-bond acceptors (Lipinski definition) is 3. The molecule has 3 fully saturated rings. The van der Waals surface area contributed by atoms with Gasteiger partial charge in [0, 0.05) is 56.9 Å². The van der Waals surface area contributed by atoms with Gasteiger partial charge in [-0.3, -0.25) is 9.59 Å². The van der Waals surface area contributed by atoms with E-state index in [1.165, 1.54) is 24.9 Å². The number of nitrogens with zero attached hydrogens (tertiary/aromatic N) is 3. The minimum absolute atomic E-state index is 0.144. The molecule has 0 aliphatic carbocycles. The fourth-order valence-electron chi connectivity index (χ4n) is 5.09. The van der Waals surface area contributed by atoms with Crippen molar-refractivity contribution in [2.75, 3.05) is 44.2 Å². The molecule has 1 aromatic rings. The fourth-order valence-corrected chi connectivity index (χ4v) is 5.09. The third-order valence-corrected chi connectivity index (χ3v) is 6.87. The number of carbonyl (C=O) groups is 2. The van der Waals surface area contributed by atoms with Crippen LogP contribution in [0.4, 0.5) is 5.69 Å². The van der Waals surface area contributed by atoms with Gasteiger partial charge in [0.25, 0.3) is 5.91 Å². The normalized spacial score (nSPS) is 22.8. The molecule has 3 aliphatic rings. The van der Waals surface area contributed by atoms with E-state index in [0.717, 1.165) is 76.9 Å². The number of hydrogen-bond donors (Lipinski definition) is 0. The maximum atomic E-state index is 13.0. The molecule has 3 heterocycles. The molecule has 1 aromatic carbocycles. The number of likely N-dealkylation sites (tertiary alicyclic amines) is 2. The molecule has 29 heavy (non-hydrogen) atoms. The molecule has 5 heteroatoms. The highest BCUT2D eigenvalue weighted by atomic mass is 16.2. The van der Waals surface area contributed by atoms with Gasteiger partial charge in [-0.15, -0.1) is 0 Å². The summed E-state index contributed by atoms with van der Waals surface area (Å²) < 4.78 is 0. The topological polar surface area (TPSA) is 43.9 Å². The molecule has 0 N–H and O–H groups in total. The molecule has 5 nitrogen and oxygen atoms in total. The summed E-state index contributed by atoms with van der Waals surface area (Å²) in [6, 6.07) is 8.20. The summed E-state index contributed by atoms with van der Waals surface area (Å²) >= 11 is 0. The SMILES string of the molecule is O=C(CC[C@@H]1CCCN(C(=O)c2ccc(N3CCCCC3)cc2)C1)N1CCCC1. The minimum Gasteiger partial charge on any atom is -0.372 e. The fraction of sp³-hybridized carbons (Fsp3) is 0.667. The second-order valence-electron chi connectivity index (χ2n) is 8.98. The van der Waals surface area contributed by atoms with E-state index in [0.29, 0.717) is 18.2 Å². The Bertz CT molecular complexity index is 691. The van der Waals surface area contributed by atoms with Crippen molar-refractivity contribution in [1.29, 1.82) is 0 Å². The molecule has 0 spiro atoms. The first-order valence-electron chi connectivity index (χ1n) is 11.6. The Morgan fingerprint density at radius 1 is 0.793 bits per heavy atom. The van der Waals surface area contributed by atoms with Gasteiger partial charge in [-0.05, 0) is 81.5 Å². The third kappa shape index (κ3) is 5.12. The molecule has 0 saturated carbocycles. The van der Waals surface area contributed by atoms with Crippen LogP contribution < -0.4 is 4.90 Å². The number of anilines is 1. The van der Waals surface area contributed by atoms with Crippen LogP contribution in [0.2, 0.25) is 0 Å². The van der Waals surface area contributed by atoms with Gasteiger partial charge in [0.1, 0.15) is 0 Å².